The number of hydrogen-bond acceptors (Lipinski definition) is 5. The summed E-state index contributed by atoms with van der Waals surface area (Å²) in [7, 11) is -0.641. The van der Waals surface area contributed by atoms with E-state index in [9.17, 15) is 8.78 Å². The fraction of sp³-hybridized carbons (Fsp3) is 0.400. The molecule has 1 aliphatic rings. The molecule has 1 aliphatic heterocycles. The molecule has 28 heavy (non-hydrogen) atoms. The van der Waals surface area contributed by atoms with Gasteiger partial charge in [0.15, 0.2) is 0 Å². The molecular formula is C20H21BF2N2O2S. The second kappa shape index (κ2) is 6.57. The summed E-state index contributed by atoms with van der Waals surface area (Å²) >= 11 is 1.35. The molecular weight excluding hydrogens is 381 g/mol. The van der Waals surface area contributed by atoms with Gasteiger partial charge in [0.25, 0.3) is 6.43 Å². The molecule has 0 atom stereocenters. The van der Waals surface area contributed by atoms with E-state index in [1.54, 1.807) is 6.20 Å². The van der Waals surface area contributed by atoms with Crippen molar-refractivity contribution >= 4 is 34.8 Å². The van der Waals surface area contributed by atoms with Gasteiger partial charge in [-0.3, -0.25) is 0 Å². The number of nitrogens with zero attached hydrogens (tertiary/aromatic N) is 2. The lowest BCUT2D eigenvalue weighted by molar-refractivity contribution is 0.00578. The summed E-state index contributed by atoms with van der Waals surface area (Å²) in [6.07, 6.45) is -1.06. The highest BCUT2D eigenvalue weighted by molar-refractivity contribution is 7.15. The van der Waals surface area contributed by atoms with Crippen molar-refractivity contribution in [2.45, 2.75) is 52.2 Å². The minimum Gasteiger partial charge on any atom is -0.399 e. The Morgan fingerprint density at radius 1 is 1.11 bits per heavy atom. The van der Waals surface area contributed by atoms with Crippen LogP contribution in [0, 0.1) is 6.92 Å². The molecule has 3 aromatic rings. The Morgan fingerprint density at radius 3 is 2.36 bits per heavy atom. The van der Waals surface area contributed by atoms with Gasteiger partial charge >= 0.3 is 7.12 Å². The first kappa shape index (κ1) is 19.4. The predicted octanol–water partition coefficient (Wildman–Crippen LogP) is 4.90. The monoisotopic (exact) mass is 402 g/mol. The van der Waals surface area contributed by atoms with Crippen LogP contribution in [-0.2, 0) is 9.31 Å². The van der Waals surface area contributed by atoms with Crippen LogP contribution in [0.25, 0.3) is 21.5 Å². The predicted molar refractivity (Wildman–Crippen MR) is 108 cm³/mol. The Bertz CT molecular complexity index is 1040. The molecule has 4 rings (SSSR count). The lowest BCUT2D eigenvalue weighted by atomic mass is 9.76. The van der Waals surface area contributed by atoms with Crippen LogP contribution in [0.5, 0.6) is 0 Å². The molecule has 1 fully saturated rings. The second-order valence-corrected chi connectivity index (χ2v) is 9.21. The molecule has 8 heteroatoms. The third kappa shape index (κ3) is 3.13. The van der Waals surface area contributed by atoms with Crippen molar-refractivity contribution in [1.29, 1.82) is 0 Å². The number of alkyl halides is 2. The van der Waals surface area contributed by atoms with Crippen LogP contribution in [0.1, 0.15) is 44.7 Å². The first-order chi connectivity index (χ1) is 13.1. The third-order valence-corrected chi connectivity index (χ3v) is 6.44. The second-order valence-electron chi connectivity index (χ2n) is 7.97. The van der Waals surface area contributed by atoms with Gasteiger partial charge in [-0.1, -0.05) is 12.1 Å². The third-order valence-electron chi connectivity index (χ3n) is 5.52. The van der Waals surface area contributed by atoms with Gasteiger partial charge in [-0.25, -0.2) is 18.7 Å². The van der Waals surface area contributed by atoms with E-state index in [2.05, 4.69) is 9.97 Å². The van der Waals surface area contributed by atoms with E-state index in [4.69, 9.17) is 9.31 Å². The highest BCUT2D eigenvalue weighted by Crippen LogP contribution is 2.38. The smallest absolute Gasteiger partial charge is 0.399 e. The number of pyridine rings is 1. The molecule has 0 aliphatic carbocycles. The molecule has 4 nitrogen and oxygen atoms in total. The molecule has 0 unspecified atom stereocenters. The van der Waals surface area contributed by atoms with Gasteiger partial charge in [0.1, 0.15) is 0 Å². The summed E-state index contributed by atoms with van der Waals surface area (Å²) in [5.74, 6) is 0. The van der Waals surface area contributed by atoms with Gasteiger partial charge in [0.2, 0.25) is 0 Å². The van der Waals surface area contributed by atoms with Crippen LogP contribution >= 0.6 is 11.3 Å². The van der Waals surface area contributed by atoms with E-state index in [1.165, 1.54) is 17.4 Å². The molecule has 146 valence electrons. The Kier molecular flexibility index (Phi) is 4.56. The highest BCUT2D eigenvalue weighted by Gasteiger charge is 2.52. The summed E-state index contributed by atoms with van der Waals surface area (Å²) < 4.78 is 40.0. The number of rotatable bonds is 3. The van der Waals surface area contributed by atoms with Crippen molar-refractivity contribution in [3.63, 3.8) is 0 Å². The number of aryl methyl sites for hydroxylation is 1. The number of thiazole rings is 1. The van der Waals surface area contributed by atoms with Crippen LogP contribution < -0.4 is 5.46 Å². The van der Waals surface area contributed by atoms with Crippen LogP contribution in [0.4, 0.5) is 8.78 Å². The minimum absolute atomic E-state index is 0.111. The molecule has 0 radical (unpaired) electrons. The Balaban J connectivity index is 1.88. The van der Waals surface area contributed by atoms with E-state index in [1.807, 2.05) is 52.8 Å². The molecule has 1 aromatic carbocycles. The van der Waals surface area contributed by atoms with E-state index in [0.29, 0.717) is 21.2 Å². The van der Waals surface area contributed by atoms with E-state index in [-0.39, 0.29) is 11.3 Å². The molecule has 3 heterocycles. The van der Waals surface area contributed by atoms with Crippen LogP contribution in [0.2, 0.25) is 0 Å². The maximum absolute atomic E-state index is 13.9. The summed E-state index contributed by atoms with van der Waals surface area (Å²) in [5, 5.41) is 1.42. The molecule has 0 amide bonds. The quantitative estimate of drug-likeness (QED) is 0.585. The number of halogens is 2. The summed E-state index contributed by atoms with van der Waals surface area (Å²) in [4.78, 5) is 9.38. The van der Waals surface area contributed by atoms with Crippen molar-refractivity contribution in [2.24, 2.45) is 0 Å². The molecule has 0 N–H and O–H groups in total. The summed E-state index contributed by atoms with van der Waals surface area (Å²) in [6.45, 7) is 9.69. The fourth-order valence-corrected chi connectivity index (χ4v) is 4.03. The number of benzene rings is 1. The summed E-state index contributed by atoms with van der Waals surface area (Å²) in [5.41, 5.74) is 0.465. The normalized spacial score (nSPS) is 18.4. The van der Waals surface area contributed by atoms with E-state index in [0.717, 1.165) is 5.01 Å². The molecule has 1 saturated heterocycles. The maximum Gasteiger partial charge on any atom is 0.495 e. The zero-order chi connectivity index (χ0) is 20.3. The topological polar surface area (TPSA) is 44.2 Å². The fourth-order valence-electron chi connectivity index (χ4n) is 3.24. The Labute approximate surface area is 167 Å². The van der Waals surface area contributed by atoms with E-state index < -0.39 is 24.7 Å². The average molecular weight is 402 g/mol. The van der Waals surface area contributed by atoms with Crippen molar-refractivity contribution in [3.8, 4) is 10.6 Å². The van der Waals surface area contributed by atoms with E-state index >= 15 is 0 Å². The van der Waals surface area contributed by atoms with Gasteiger partial charge in [-0.15, -0.1) is 11.3 Å². The van der Waals surface area contributed by atoms with Crippen molar-refractivity contribution in [3.05, 3.63) is 41.0 Å². The lowest BCUT2D eigenvalue weighted by Gasteiger charge is -2.32. The van der Waals surface area contributed by atoms with Gasteiger partial charge in [-0.05, 0) is 52.2 Å². The lowest BCUT2D eigenvalue weighted by Crippen LogP contribution is -2.41. The van der Waals surface area contributed by atoms with Gasteiger partial charge in [0, 0.05) is 17.1 Å². The number of fused-ring (bicyclic) bond motifs is 1. The average Bonchev–Trinajstić information content (AvgIpc) is 3.13. The van der Waals surface area contributed by atoms with Gasteiger partial charge < -0.3 is 9.31 Å². The first-order valence-corrected chi connectivity index (χ1v) is 9.91. The highest BCUT2D eigenvalue weighted by atomic mass is 32.1. The SMILES string of the molecule is Cc1ncc(-c2nc3cccc(B4OC(C)(C)C(C)(C)O4)c3cc2C(F)F)s1. The van der Waals surface area contributed by atoms with Crippen molar-refractivity contribution in [1.82, 2.24) is 9.97 Å². The standard InChI is InChI=1S/C20H21BF2N2O2S/c1-11-24-10-16(28-11)17-13(18(22)23)9-12-14(7-6-8-15(12)25-17)21-26-19(2,3)20(4,5)27-21/h6-10,18H,1-5H3. The van der Waals surface area contributed by atoms with Crippen LogP contribution in [0.3, 0.4) is 0 Å². The van der Waals surface area contributed by atoms with Gasteiger partial charge in [-0.2, -0.15) is 0 Å². The molecule has 2 aromatic heterocycles. The number of hydrogen-bond donors (Lipinski definition) is 0. The summed E-state index contributed by atoms with van der Waals surface area (Å²) in [6, 6.07) is 7.02. The number of aromatic nitrogens is 2. The Morgan fingerprint density at radius 2 is 1.79 bits per heavy atom. The van der Waals surface area contributed by atoms with Crippen molar-refractivity contribution < 1.29 is 18.1 Å². The molecule has 0 bridgehead atoms. The molecule has 0 saturated carbocycles. The zero-order valence-corrected chi connectivity index (χ0v) is 17.2. The first-order valence-electron chi connectivity index (χ1n) is 9.09. The van der Waals surface area contributed by atoms with Crippen LogP contribution in [-0.4, -0.2) is 28.3 Å². The van der Waals surface area contributed by atoms with Gasteiger partial charge in [0.05, 0.1) is 32.3 Å². The van der Waals surface area contributed by atoms with Crippen LogP contribution in [0.15, 0.2) is 30.5 Å². The van der Waals surface area contributed by atoms with Crippen molar-refractivity contribution in [2.75, 3.05) is 0 Å². The molecule has 0 spiro atoms. The maximum atomic E-state index is 13.9. The Hall–Kier alpha value is -1.90. The zero-order valence-electron chi connectivity index (χ0n) is 16.4. The largest absolute Gasteiger partial charge is 0.495 e. The minimum atomic E-state index is -2.65.